The first-order valence-electron chi connectivity index (χ1n) is 7.49. The number of fused-ring (bicyclic) bond motifs is 1. The average Bonchev–Trinajstić information content (AvgIpc) is 2.88. The molecule has 7 nitrogen and oxygen atoms in total. The lowest BCUT2D eigenvalue weighted by molar-refractivity contribution is 0.674. The van der Waals surface area contributed by atoms with Crippen molar-refractivity contribution in [3.63, 3.8) is 0 Å². The Morgan fingerprint density at radius 3 is 2.72 bits per heavy atom. The van der Waals surface area contributed by atoms with Gasteiger partial charge >= 0.3 is 5.69 Å². The zero-order valence-corrected chi connectivity index (χ0v) is 15.6. The fourth-order valence-electron chi connectivity index (χ4n) is 2.38. The summed E-state index contributed by atoms with van der Waals surface area (Å²) in [4.78, 5) is 23.3. The molecule has 0 amide bonds. The normalized spacial score (nSPS) is 12.6. The van der Waals surface area contributed by atoms with Crippen molar-refractivity contribution < 1.29 is 4.21 Å². The zero-order chi connectivity index (χ0) is 18.1. The van der Waals surface area contributed by atoms with Crippen molar-refractivity contribution in [2.45, 2.75) is 25.0 Å². The van der Waals surface area contributed by atoms with Crippen molar-refractivity contribution in [3.05, 3.63) is 44.3 Å². The number of halogens is 2. The number of H-pyrrole nitrogens is 1. The summed E-state index contributed by atoms with van der Waals surface area (Å²) in [5, 5.41) is 0.945. The van der Waals surface area contributed by atoms with E-state index in [1.165, 1.54) is 4.57 Å². The molecule has 10 heteroatoms. The molecule has 3 N–H and O–H groups in total. The fourth-order valence-corrected chi connectivity index (χ4v) is 3.64. The van der Waals surface area contributed by atoms with E-state index >= 15 is 0 Å². The number of anilines is 1. The van der Waals surface area contributed by atoms with Crippen LogP contribution in [0.3, 0.4) is 0 Å². The highest BCUT2D eigenvalue weighted by molar-refractivity contribution is 7.84. The number of aromatic nitrogens is 4. The lowest BCUT2D eigenvalue weighted by atomic mass is 10.2. The van der Waals surface area contributed by atoms with E-state index in [1.807, 2.05) is 6.92 Å². The minimum absolute atomic E-state index is 0.0921. The van der Waals surface area contributed by atoms with Gasteiger partial charge in [-0.05, 0) is 24.1 Å². The fraction of sp³-hybridized carbons (Fsp3) is 0.267. The molecule has 0 fully saturated rings. The molecule has 0 aliphatic heterocycles. The number of hydrogen-bond donors (Lipinski definition) is 2. The second-order valence-electron chi connectivity index (χ2n) is 5.40. The molecule has 2 aromatic heterocycles. The van der Waals surface area contributed by atoms with Crippen LogP contribution in [0, 0.1) is 0 Å². The summed E-state index contributed by atoms with van der Waals surface area (Å²) < 4.78 is 13.6. The molecule has 1 unspecified atom stereocenters. The highest BCUT2D eigenvalue weighted by Crippen LogP contribution is 2.23. The molecular formula is C15H15Cl2N5O2S. The summed E-state index contributed by atoms with van der Waals surface area (Å²) >= 11 is 11.9. The van der Waals surface area contributed by atoms with Gasteiger partial charge in [0.25, 0.3) is 0 Å². The van der Waals surface area contributed by atoms with Crippen LogP contribution in [0.4, 0.5) is 5.82 Å². The highest BCUT2D eigenvalue weighted by Gasteiger charge is 2.17. The van der Waals surface area contributed by atoms with Crippen molar-refractivity contribution in [1.82, 2.24) is 19.5 Å². The third-order valence-corrected chi connectivity index (χ3v) is 5.66. The van der Waals surface area contributed by atoms with E-state index in [0.29, 0.717) is 27.0 Å². The van der Waals surface area contributed by atoms with Gasteiger partial charge < -0.3 is 10.7 Å². The Bertz CT molecular complexity index is 1030. The molecule has 0 aliphatic rings. The van der Waals surface area contributed by atoms with Gasteiger partial charge in [-0.2, -0.15) is 0 Å². The van der Waals surface area contributed by atoms with Gasteiger partial charge in [-0.1, -0.05) is 36.2 Å². The second kappa shape index (κ2) is 7.15. The first-order valence-corrected chi connectivity index (χ1v) is 9.56. The molecule has 3 rings (SSSR count). The standard InChI is InChI=1S/C15H15Cl2N5O2S/c1-2-5-25(24)14-20-12(18)11-13(21-14)22(15(23)19-11)7-8-3-4-9(16)10(17)6-8/h3-4,6H,2,5,7H2,1H3,(H,19,23)(H2,18,20,21). The maximum absolute atomic E-state index is 12.3. The molecule has 2 heterocycles. The van der Waals surface area contributed by atoms with Gasteiger partial charge in [0.15, 0.2) is 11.5 Å². The molecule has 1 atom stereocenters. The smallest absolute Gasteiger partial charge is 0.328 e. The molecule has 3 aromatic rings. The van der Waals surface area contributed by atoms with Crippen LogP contribution in [-0.2, 0) is 17.3 Å². The van der Waals surface area contributed by atoms with Crippen LogP contribution in [0.25, 0.3) is 11.2 Å². The van der Waals surface area contributed by atoms with Gasteiger partial charge in [0.2, 0.25) is 5.16 Å². The third-order valence-electron chi connectivity index (χ3n) is 3.55. The minimum Gasteiger partial charge on any atom is -0.382 e. The number of rotatable bonds is 5. The summed E-state index contributed by atoms with van der Waals surface area (Å²) in [5.74, 6) is 0.515. The van der Waals surface area contributed by atoms with Crippen LogP contribution >= 0.6 is 23.2 Å². The summed E-state index contributed by atoms with van der Waals surface area (Å²) in [6.07, 6.45) is 0.719. The quantitative estimate of drug-likeness (QED) is 0.641. The third kappa shape index (κ3) is 3.56. The van der Waals surface area contributed by atoms with E-state index in [2.05, 4.69) is 15.0 Å². The van der Waals surface area contributed by atoms with Gasteiger partial charge in [-0.3, -0.25) is 8.78 Å². The Labute approximate surface area is 155 Å². The van der Waals surface area contributed by atoms with Gasteiger partial charge in [-0.15, -0.1) is 0 Å². The molecule has 0 spiro atoms. The van der Waals surface area contributed by atoms with E-state index in [9.17, 15) is 9.00 Å². The van der Waals surface area contributed by atoms with Gasteiger partial charge in [0, 0.05) is 5.75 Å². The predicted molar refractivity (Wildman–Crippen MR) is 99.7 cm³/mol. The molecule has 1 aromatic carbocycles. The Kier molecular flexibility index (Phi) is 5.12. The highest BCUT2D eigenvalue weighted by atomic mass is 35.5. The van der Waals surface area contributed by atoms with Gasteiger partial charge in [0.1, 0.15) is 5.52 Å². The van der Waals surface area contributed by atoms with E-state index in [1.54, 1.807) is 18.2 Å². The maximum atomic E-state index is 12.3. The van der Waals surface area contributed by atoms with Crippen molar-refractivity contribution in [2.24, 2.45) is 0 Å². The van der Waals surface area contributed by atoms with Crippen LogP contribution in [0.2, 0.25) is 10.0 Å². The molecule has 25 heavy (non-hydrogen) atoms. The zero-order valence-electron chi connectivity index (χ0n) is 13.3. The van der Waals surface area contributed by atoms with Crippen LogP contribution in [0.1, 0.15) is 18.9 Å². The average molecular weight is 400 g/mol. The van der Waals surface area contributed by atoms with Crippen LogP contribution in [-0.4, -0.2) is 29.5 Å². The van der Waals surface area contributed by atoms with E-state index < -0.39 is 10.8 Å². The first-order chi connectivity index (χ1) is 11.9. The summed E-state index contributed by atoms with van der Waals surface area (Å²) in [7, 11) is -1.37. The monoisotopic (exact) mass is 399 g/mol. The number of hydrogen-bond acceptors (Lipinski definition) is 5. The predicted octanol–water partition coefficient (Wildman–Crippen LogP) is 2.57. The number of nitrogens with two attached hydrogens (primary N) is 1. The molecule has 0 radical (unpaired) electrons. The maximum Gasteiger partial charge on any atom is 0.328 e. The van der Waals surface area contributed by atoms with Gasteiger partial charge in [-0.25, -0.2) is 14.8 Å². The number of aromatic amines is 1. The summed E-state index contributed by atoms with van der Waals surface area (Å²) in [6.45, 7) is 2.13. The van der Waals surface area contributed by atoms with Crippen LogP contribution in [0.5, 0.6) is 0 Å². The lowest BCUT2D eigenvalue weighted by Gasteiger charge is -2.06. The Morgan fingerprint density at radius 1 is 1.28 bits per heavy atom. The molecule has 0 bridgehead atoms. The van der Waals surface area contributed by atoms with Crippen molar-refractivity contribution in [3.8, 4) is 0 Å². The molecule has 0 aliphatic carbocycles. The number of nitrogens with zero attached hydrogens (tertiary/aromatic N) is 3. The SMILES string of the molecule is CCCS(=O)c1nc(N)c2[nH]c(=O)n(Cc3ccc(Cl)c(Cl)c3)c2n1. The molecule has 0 saturated heterocycles. The van der Waals surface area contributed by atoms with Crippen molar-refractivity contribution in [1.29, 1.82) is 0 Å². The summed E-state index contributed by atoms with van der Waals surface area (Å²) in [6, 6.07) is 5.10. The number of nitrogens with one attached hydrogen (secondary N) is 1. The van der Waals surface area contributed by atoms with Gasteiger partial charge in [0.05, 0.1) is 27.4 Å². The van der Waals surface area contributed by atoms with E-state index in [-0.39, 0.29) is 23.2 Å². The minimum atomic E-state index is -1.37. The van der Waals surface area contributed by atoms with Crippen LogP contribution in [0.15, 0.2) is 28.2 Å². The first kappa shape index (κ1) is 17.9. The van der Waals surface area contributed by atoms with Crippen LogP contribution < -0.4 is 11.4 Å². The van der Waals surface area contributed by atoms with E-state index in [4.69, 9.17) is 28.9 Å². The Balaban J connectivity index is 2.10. The summed E-state index contributed by atoms with van der Waals surface area (Å²) in [5.41, 5.74) is 6.91. The molecule has 132 valence electrons. The number of imidazole rings is 1. The molecular weight excluding hydrogens is 385 g/mol. The second-order valence-corrected chi connectivity index (χ2v) is 7.68. The Hall–Kier alpha value is -1.90. The van der Waals surface area contributed by atoms with E-state index in [0.717, 1.165) is 12.0 Å². The lowest BCUT2D eigenvalue weighted by Crippen LogP contribution is -2.18. The topological polar surface area (TPSA) is 107 Å². The number of nitrogen functional groups attached to an aromatic ring is 1. The largest absolute Gasteiger partial charge is 0.382 e. The van der Waals surface area contributed by atoms with Crippen molar-refractivity contribution >= 4 is 51.0 Å². The van der Waals surface area contributed by atoms with Crippen molar-refractivity contribution in [2.75, 3.05) is 11.5 Å². The molecule has 0 saturated carbocycles. The Morgan fingerprint density at radius 2 is 2.04 bits per heavy atom. The number of benzene rings is 1.